The number of carbonyl (C=O) groups is 1. The fourth-order valence-electron chi connectivity index (χ4n) is 1.63. The summed E-state index contributed by atoms with van der Waals surface area (Å²) in [6.07, 6.45) is 4.73. The summed E-state index contributed by atoms with van der Waals surface area (Å²) in [7, 11) is 1.74. The minimum atomic E-state index is 0.0550. The Morgan fingerprint density at radius 1 is 1.44 bits per heavy atom. The summed E-state index contributed by atoms with van der Waals surface area (Å²) in [6.45, 7) is 0. The molecule has 5 heteroatoms. The minimum Gasteiger partial charge on any atom is -0.365 e. The minimum absolute atomic E-state index is 0.0550. The highest BCUT2D eigenvalue weighted by Gasteiger charge is 2.11. The summed E-state index contributed by atoms with van der Waals surface area (Å²) in [5, 5.41) is 0. The Morgan fingerprint density at radius 3 is 2.89 bits per heavy atom. The number of pyridine rings is 1. The van der Waals surface area contributed by atoms with Crippen LogP contribution >= 0.6 is 15.9 Å². The highest BCUT2D eigenvalue weighted by Crippen LogP contribution is 2.14. The first kappa shape index (κ1) is 12.8. The molecule has 2 aromatic heterocycles. The topological polar surface area (TPSA) is 49.0 Å². The van der Waals surface area contributed by atoms with Gasteiger partial charge in [0.15, 0.2) is 0 Å². The van der Waals surface area contributed by atoms with Crippen LogP contribution in [0.5, 0.6) is 0 Å². The van der Waals surface area contributed by atoms with Gasteiger partial charge in [0, 0.05) is 36.0 Å². The van der Waals surface area contributed by atoms with Crippen LogP contribution in [0.15, 0.2) is 41.1 Å². The lowest BCUT2D eigenvalue weighted by molar-refractivity contribution is -0.118. The number of anilines is 1. The lowest BCUT2D eigenvalue weighted by Crippen LogP contribution is -2.27. The lowest BCUT2D eigenvalue weighted by Gasteiger charge is -2.15. The van der Waals surface area contributed by atoms with Gasteiger partial charge in [-0.15, -0.1) is 0 Å². The predicted molar refractivity (Wildman–Crippen MR) is 74.5 cm³/mol. The molecule has 2 aromatic rings. The van der Waals surface area contributed by atoms with E-state index in [4.69, 9.17) is 0 Å². The maximum Gasteiger partial charge on any atom is 0.228 e. The Kier molecular flexibility index (Phi) is 4.15. The molecule has 1 amide bonds. The van der Waals surface area contributed by atoms with Gasteiger partial charge in [0.2, 0.25) is 5.91 Å². The third kappa shape index (κ3) is 3.20. The molecule has 94 valence electrons. The van der Waals surface area contributed by atoms with Crippen molar-refractivity contribution in [1.29, 1.82) is 0 Å². The molecule has 0 fully saturated rings. The second kappa shape index (κ2) is 5.82. The zero-order valence-corrected chi connectivity index (χ0v) is 11.6. The van der Waals surface area contributed by atoms with Gasteiger partial charge in [-0.3, -0.25) is 9.69 Å². The number of carbonyl (C=O) groups excluding carboxylic acids is 1. The van der Waals surface area contributed by atoms with Gasteiger partial charge in [0.05, 0.1) is 0 Å². The van der Waals surface area contributed by atoms with E-state index in [0.29, 0.717) is 18.7 Å². The van der Waals surface area contributed by atoms with Crippen molar-refractivity contribution in [3.63, 3.8) is 0 Å². The van der Waals surface area contributed by atoms with Crippen LogP contribution in [0.3, 0.4) is 0 Å². The molecule has 0 spiro atoms. The van der Waals surface area contributed by atoms with Gasteiger partial charge < -0.3 is 4.98 Å². The highest BCUT2D eigenvalue weighted by atomic mass is 79.9. The molecule has 2 rings (SSSR count). The van der Waals surface area contributed by atoms with Crippen LogP contribution in [0.2, 0.25) is 0 Å². The summed E-state index contributed by atoms with van der Waals surface area (Å²) in [5.74, 6) is 0.717. The van der Waals surface area contributed by atoms with Crippen molar-refractivity contribution < 1.29 is 4.79 Å². The second-order valence-electron chi connectivity index (χ2n) is 3.98. The number of nitrogens with one attached hydrogen (secondary N) is 1. The van der Waals surface area contributed by atoms with Crippen molar-refractivity contribution in [3.8, 4) is 0 Å². The number of aromatic amines is 1. The van der Waals surface area contributed by atoms with E-state index in [1.165, 1.54) is 0 Å². The Balaban J connectivity index is 1.94. The summed E-state index contributed by atoms with van der Waals surface area (Å²) < 4.78 is 0.901. The van der Waals surface area contributed by atoms with Crippen molar-refractivity contribution >= 4 is 27.7 Å². The fourth-order valence-corrected chi connectivity index (χ4v) is 1.86. The molecule has 0 radical (unpaired) electrons. The number of rotatable bonds is 4. The lowest BCUT2D eigenvalue weighted by atomic mass is 10.2. The molecule has 0 aliphatic heterocycles. The Morgan fingerprint density at radius 2 is 2.28 bits per heavy atom. The molecule has 0 unspecified atom stereocenters. The quantitative estimate of drug-likeness (QED) is 0.944. The highest BCUT2D eigenvalue weighted by molar-refractivity contribution is 9.10. The van der Waals surface area contributed by atoms with Crippen LogP contribution in [-0.4, -0.2) is 22.9 Å². The average Bonchev–Trinajstić information content (AvgIpc) is 2.89. The predicted octanol–water partition coefficient (Wildman–Crippen LogP) is 2.77. The SMILES string of the molecule is CN(C(=O)CCc1ccc[nH]1)c1ccc(Br)cn1. The molecular weight excluding hydrogens is 294 g/mol. The third-order valence-electron chi connectivity index (χ3n) is 2.70. The maximum atomic E-state index is 12.0. The molecule has 0 bridgehead atoms. The fraction of sp³-hybridized carbons (Fsp3) is 0.231. The maximum absolute atomic E-state index is 12.0. The van der Waals surface area contributed by atoms with E-state index in [-0.39, 0.29) is 5.91 Å². The molecule has 0 aliphatic rings. The molecule has 0 aromatic carbocycles. The number of halogens is 1. The molecule has 0 atom stereocenters. The van der Waals surface area contributed by atoms with E-state index in [1.807, 2.05) is 30.5 Å². The number of aromatic nitrogens is 2. The van der Waals surface area contributed by atoms with Crippen LogP contribution in [0.1, 0.15) is 12.1 Å². The van der Waals surface area contributed by atoms with Crippen LogP contribution in [-0.2, 0) is 11.2 Å². The molecule has 0 aliphatic carbocycles. The Bertz CT molecular complexity index is 508. The van der Waals surface area contributed by atoms with Crippen LogP contribution in [0.25, 0.3) is 0 Å². The van der Waals surface area contributed by atoms with Crippen LogP contribution in [0, 0.1) is 0 Å². The number of hydrogen-bond acceptors (Lipinski definition) is 2. The van der Waals surface area contributed by atoms with Crippen molar-refractivity contribution in [2.24, 2.45) is 0 Å². The van der Waals surface area contributed by atoms with Gasteiger partial charge in [-0.2, -0.15) is 0 Å². The number of aryl methyl sites for hydroxylation is 1. The third-order valence-corrected chi connectivity index (χ3v) is 3.17. The average molecular weight is 308 g/mol. The van der Waals surface area contributed by atoms with Crippen molar-refractivity contribution in [3.05, 3.63) is 46.8 Å². The standard InChI is InChI=1S/C13H14BrN3O/c1-17(12-6-4-10(14)9-16-12)13(18)7-5-11-3-2-8-15-11/h2-4,6,8-9,15H,5,7H2,1H3. The second-order valence-corrected chi connectivity index (χ2v) is 4.90. The Labute approximate surface area is 114 Å². The number of nitrogens with zero attached hydrogens (tertiary/aromatic N) is 2. The zero-order valence-electron chi connectivity index (χ0n) is 10.1. The molecule has 18 heavy (non-hydrogen) atoms. The van der Waals surface area contributed by atoms with Gasteiger partial charge >= 0.3 is 0 Å². The molecule has 0 saturated heterocycles. The zero-order chi connectivity index (χ0) is 13.0. The van der Waals surface area contributed by atoms with Crippen LogP contribution in [0.4, 0.5) is 5.82 Å². The first-order valence-electron chi connectivity index (χ1n) is 5.67. The van der Waals surface area contributed by atoms with Gasteiger partial charge in [0.25, 0.3) is 0 Å². The summed E-state index contributed by atoms with van der Waals surface area (Å²) in [4.78, 5) is 20.8. The first-order valence-corrected chi connectivity index (χ1v) is 6.46. The van der Waals surface area contributed by atoms with Gasteiger partial charge in [0.1, 0.15) is 5.82 Å². The van der Waals surface area contributed by atoms with Gasteiger partial charge in [-0.05, 0) is 46.6 Å². The van der Waals surface area contributed by atoms with Crippen molar-refractivity contribution in [1.82, 2.24) is 9.97 Å². The molecule has 0 saturated carbocycles. The molecular formula is C13H14BrN3O. The summed E-state index contributed by atoms with van der Waals surface area (Å²) >= 11 is 3.32. The largest absolute Gasteiger partial charge is 0.365 e. The Hall–Kier alpha value is -1.62. The monoisotopic (exact) mass is 307 g/mol. The van der Waals surface area contributed by atoms with E-state index in [0.717, 1.165) is 10.2 Å². The smallest absolute Gasteiger partial charge is 0.228 e. The van der Waals surface area contributed by atoms with E-state index in [2.05, 4.69) is 25.9 Å². The van der Waals surface area contributed by atoms with Gasteiger partial charge in [-0.1, -0.05) is 0 Å². The normalized spacial score (nSPS) is 10.3. The van der Waals surface area contributed by atoms with Gasteiger partial charge in [-0.25, -0.2) is 4.98 Å². The van der Waals surface area contributed by atoms with E-state index in [9.17, 15) is 4.79 Å². The number of amides is 1. The molecule has 2 heterocycles. The number of H-pyrrole nitrogens is 1. The van der Waals surface area contributed by atoms with Crippen molar-refractivity contribution in [2.75, 3.05) is 11.9 Å². The van der Waals surface area contributed by atoms with E-state index < -0.39 is 0 Å². The molecule has 1 N–H and O–H groups in total. The first-order chi connectivity index (χ1) is 8.66. The van der Waals surface area contributed by atoms with Crippen molar-refractivity contribution in [2.45, 2.75) is 12.8 Å². The number of hydrogen-bond donors (Lipinski definition) is 1. The van der Waals surface area contributed by atoms with E-state index >= 15 is 0 Å². The molecule has 4 nitrogen and oxygen atoms in total. The van der Waals surface area contributed by atoms with E-state index in [1.54, 1.807) is 18.1 Å². The summed E-state index contributed by atoms with van der Waals surface area (Å²) in [5.41, 5.74) is 1.07. The van der Waals surface area contributed by atoms with Crippen LogP contribution < -0.4 is 4.90 Å². The summed E-state index contributed by atoms with van der Waals surface area (Å²) in [6, 6.07) is 7.60.